The van der Waals surface area contributed by atoms with E-state index in [0.29, 0.717) is 15.8 Å². The van der Waals surface area contributed by atoms with Crippen LogP contribution in [0.15, 0.2) is 12.3 Å². The molecule has 11 heavy (non-hydrogen) atoms. The van der Waals surface area contributed by atoms with Gasteiger partial charge >= 0.3 is 0 Å². The molecule has 0 amide bonds. The van der Waals surface area contributed by atoms with E-state index in [1.807, 2.05) is 0 Å². The van der Waals surface area contributed by atoms with Crippen molar-refractivity contribution < 1.29 is 4.54 Å². The fraction of sp³-hybridized carbons (Fsp3) is 0.167. The highest BCUT2D eigenvalue weighted by atomic mass is 16.3. The molecule has 0 aliphatic heterocycles. The second kappa shape index (κ2) is 1.91. The van der Waals surface area contributed by atoms with Crippen LogP contribution in [0.25, 0.3) is 11.0 Å². The van der Waals surface area contributed by atoms with Crippen molar-refractivity contribution in [1.82, 2.24) is 15.3 Å². The molecule has 5 heteroatoms. The Morgan fingerprint density at radius 1 is 1.55 bits per heavy atom. The first-order chi connectivity index (χ1) is 5.27. The molecule has 5 nitrogen and oxygen atoms in total. The second-order valence-corrected chi connectivity index (χ2v) is 2.39. The first-order valence-corrected chi connectivity index (χ1v) is 3.23. The lowest BCUT2D eigenvalue weighted by atomic mass is 10.4. The predicted molar refractivity (Wildman–Crippen MR) is 38.5 cm³/mol. The Morgan fingerprint density at radius 2 is 2.36 bits per heavy atom. The standard InChI is InChI=1S/C6H7N4O/c1-4-2-5-6(3-7-8-5)9-10(4)11/h2-3H,1H3,(H,7,8)(H,9,11)/q+1. The molecule has 0 aliphatic rings. The molecular formula is C6H7N4O+. The van der Waals surface area contributed by atoms with Gasteiger partial charge in [0.25, 0.3) is 5.69 Å². The largest absolute Gasteiger partial charge is 0.276 e. The molecule has 56 valence electrons. The van der Waals surface area contributed by atoms with Gasteiger partial charge in [-0.25, -0.2) is 0 Å². The molecule has 0 atom stereocenters. The van der Waals surface area contributed by atoms with E-state index in [0.717, 1.165) is 5.52 Å². The molecule has 0 saturated heterocycles. The van der Waals surface area contributed by atoms with Crippen LogP contribution in [0.2, 0.25) is 0 Å². The first-order valence-electron chi connectivity index (χ1n) is 3.23. The SMILES string of the molecule is Cc1cc2[nH]ncc2[nH][n+]1=O. The zero-order chi connectivity index (χ0) is 7.84. The first kappa shape index (κ1) is 6.09. The van der Waals surface area contributed by atoms with Gasteiger partial charge in [0, 0.05) is 13.0 Å². The van der Waals surface area contributed by atoms with Crippen LogP contribution >= 0.6 is 0 Å². The summed E-state index contributed by atoms with van der Waals surface area (Å²) in [5.74, 6) is 0. The fourth-order valence-electron chi connectivity index (χ4n) is 0.960. The van der Waals surface area contributed by atoms with Crippen LogP contribution in [0.1, 0.15) is 5.69 Å². The van der Waals surface area contributed by atoms with E-state index in [1.165, 1.54) is 0 Å². The maximum absolute atomic E-state index is 11.0. The summed E-state index contributed by atoms with van der Waals surface area (Å²) in [6.45, 7) is 1.73. The van der Waals surface area contributed by atoms with Gasteiger partial charge in [-0.1, -0.05) is 0 Å². The minimum Gasteiger partial charge on any atom is -0.276 e. The van der Waals surface area contributed by atoms with Crippen molar-refractivity contribution >= 4 is 11.0 Å². The quantitative estimate of drug-likeness (QED) is 0.525. The van der Waals surface area contributed by atoms with Gasteiger partial charge in [0.05, 0.1) is 16.6 Å². The zero-order valence-corrected chi connectivity index (χ0v) is 5.96. The topological polar surface area (TPSA) is 67.4 Å². The van der Waals surface area contributed by atoms with Crippen molar-refractivity contribution in [1.29, 1.82) is 0 Å². The summed E-state index contributed by atoms with van der Waals surface area (Å²) in [7, 11) is 0. The second-order valence-electron chi connectivity index (χ2n) is 2.39. The van der Waals surface area contributed by atoms with Crippen molar-refractivity contribution in [3.8, 4) is 0 Å². The van der Waals surface area contributed by atoms with Crippen LogP contribution in [-0.4, -0.2) is 15.3 Å². The van der Waals surface area contributed by atoms with Crippen LogP contribution in [0.5, 0.6) is 0 Å². The Hall–Kier alpha value is -1.65. The number of hydrogen-bond acceptors (Lipinski definition) is 2. The number of aromatic amines is 2. The molecule has 2 rings (SSSR count). The molecule has 0 bridgehead atoms. The molecule has 2 aromatic heterocycles. The van der Waals surface area contributed by atoms with Crippen LogP contribution < -0.4 is 4.54 Å². The number of nitrogens with zero attached hydrogens (tertiary/aromatic N) is 2. The monoisotopic (exact) mass is 151 g/mol. The van der Waals surface area contributed by atoms with E-state index in [1.54, 1.807) is 19.2 Å². The van der Waals surface area contributed by atoms with E-state index in [4.69, 9.17) is 0 Å². The number of aromatic nitrogens is 4. The summed E-state index contributed by atoms with van der Waals surface area (Å²) >= 11 is 0. The van der Waals surface area contributed by atoms with Crippen molar-refractivity contribution in [2.24, 2.45) is 0 Å². The minimum atomic E-state index is 0.613. The summed E-state index contributed by atoms with van der Waals surface area (Å²) < 4.78 is 0.706. The summed E-state index contributed by atoms with van der Waals surface area (Å²) in [6, 6.07) is 1.74. The maximum atomic E-state index is 11.0. The van der Waals surface area contributed by atoms with Crippen molar-refractivity contribution in [3.05, 3.63) is 22.9 Å². The molecule has 0 aromatic carbocycles. The Balaban J connectivity index is 2.97. The third-order valence-corrected chi connectivity index (χ3v) is 1.56. The highest BCUT2D eigenvalue weighted by molar-refractivity contribution is 5.71. The van der Waals surface area contributed by atoms with E-state index in [2.05, 4.69) is 15.3 Å². The highest BCUT2D eigenvalue weighted by Crippen LogP contribution is 2.03. The van der Waals surface area contributed by atoms with Gasteiger partial charge in [-0.15, -0.1) is 5.10 Å². The van der Waals surface area contributed by atoms with Gasteiger partial charge in [0.15, 0.2) is 4.54 Å². The lowest BCUT2D eigenvalue weighted by Gasteiger charge is -1.81. The van der Waals surface area contributed by atoms with Crippen LogP contribution in [0.3, 0.4) is 0 Å². The average molecular weight is 151 g/mol. The minimum absolute atomic E-state index is 0.613. The Labute approximate surface area is 61.6 Å². The Morgan fingerprint density at radius 3 is 3.18 bits per heavy atom. The molecule has 0 radical (unpaired) electrons. The summed E-state index contributed by atoms with van der Waals surface area (Å²) in [6.07, 6.45) is 1.57. The van der Waals surface area contributed by atoms with Gasteiger partial charge in [-0.05, 0) is 0 Å². The van der Waals surface area contributed by atoms with Crippen molar-refractivity contribution in [2.75, 3.05) is 0 Å². The average Bonchev–Trinajstić information content (AvgIpc) is 2.36. The molecular weight excluding hydrogens is 144 g/mol. The number of nitrogens with one attached hydrogen (secondary N) is 2. The predicted octanol–water partition coefficient (Wildman–Crippen LogP) is 0.114. The van der Waals surface area contributed by atoms with Gasteiger partial charge < -0.3 is 0 Å². The fourth-order valence-corrected chi connectivity index (χ4v) is 0.960. The highest BCUT2D eigenvalue weighted by Gasteiger charge is 2.05. The maximum Gasteiger partial charge on any atom is 0.268 e. The Kier molecular flexibility index (Phi) is 1.06. The summed E-state index contributed by atoms with van der Waals surface area (Å²) in [4.78, 5) is 11.0. The van der Waals surface area contributed by atoms with Crippen LogP contribution in [0.4, 0.5) is 0 Å². The van der Waals surface area contributed by atoms with Gasteiger partial charge in [-0.2, -0.15) is 5.10 Å². The molecule has 0 spiro atoms. The van der Waals surface area contributed by atoms with Crippen LogP contribution in [0, 0.1) is 11.8 Å². The van der Waals surface area contributed by atoms with E-state index >= 15 is 0 Å². The van der Waals surface area contributed by atoms with Crippen molar-refractivity contribution in [3.63, 3.8) is 0 Å². The summed E-state index contributed by atoms with van der Waals surface area (Å²) in [5.41, 5.74) is 2.17. The third-order valence-electron chi connectivity index (χ3n) is 1.56. The molecule has 0 unspecified atom stereocenters. The molecule has 0 fully saturated rings. The lowest BCUT2D eigenvalue weighted by molar-refractivity contribution is -0.568. The number of hydrogen-bond donors (Lipinski definition) is 2. The van der Waals surface area contributed by atoms with E-state index in [-0.39, 0.29) is 0 Å². The Bertz CT molecular complexity index is 441. The number of H-pyrrole nitrogens is 2. The number of fused-ring (bicyclic) bond motifs is 1. The van der Waals surface area contributed by atoms with E-state index < -0.39 is 0 Å². The lowest BCUT2D eigenvalue weighted by Crippen LogP contribution is -2.22. The molecule has 2 aromatic rings. The number of rotatable bonds is 0. The normalized spacial score (nSPS) is 10.6. The van der Waals surface area contributed by atoms with E-state index in [9.17, 15) is 4.91 Å². The molecule has 2 heterocycles. The smallest absolute Gasteiger partial charge is 0.268 e. The zero-order valence-electron chi connectivity index (χ0n) is 5.96. The third kappa shape index (κ3) is 0.813. The molecule has 0 aliphatic carbocycles. The van der Waals surface area contributed by atoms with Gasteiger partial charge in [0.2, 0.25) is 0 Å². The summed E-state index contributed by atoms with van der Waals surface area (Å²) in [5, 5.41) is 9.13. The van der Waals surface area contributed by atoms with Crippen LogP contribution in [-0.2, 0) is 0 Å². The van der Waals surface area contributed by atoms with Gasteiger partial charge in [-0.3, -0.25) is 5.10 Å². The number of aryl methyl sites for hydroxylation is 1. The molecule has 2 N–H and O–H groups in total. The molecule has 0 saturated carbocycles. The van der Waals surface area contributed by atoms with Gasteiger partial charge in [0.1, 0.15) is 5.52 Å². The van der Waals surface area contributed by atoms with Crippen molar-refractivity contribution in [2.45, 2.75) is 6.92 Å².